The number of fused-ring (bicyclic) bond motifs is 1. The fraction of sp³-hybridized carbons (Fsp3) is 0. The minimum Gasteiger partial charge on any atom is -0.0837 e. The van der Waals surface area contributed by atoms with E-state index in [1.165, 1.54) is 10.8 Å². The Morgan fingerprint density at radius 1 is 0.778 bits per heavy atom. The molecule has 3 aromatic rings. The lowest BCUT2D eigenvalue weighted by Gasteiger charge is -2.09. The van der Waals surface area contributed by atoms with Crippen molar-refractivity contribution >= 4 is 38.3 Å². The van der Waals surface area contributed by atoms with E-state index in [1.54, 1.807) is 0 Å². The van der Waals surface area contributed by atoms with Crippen LogP contribution in [0.2, 0.25) is 5.02 Å². The summed E-state index contributed by atoms with van der Waals surface area (Å²) in [5.74, 6) is 0. The van der Waals surface area contributed by atoms with E-state index in [0.29, 0.717) is 0 Å². The summed E-state index contributed by atoms with van der Waals surface area (Å²) in [6.45, 7) is 0. The van der Waals surface area contributed by atoms with E-state index < -0.39 is 0 Å². The van der Waals surface area contributed by atoms with Crippen molar-refractivity contribution in [2.75, 3.05) is 0 Å². The van der Waals surface area contributed by atoms with Crippen LogP contribution >= 0.6 is 27.5 Å². The predicted octanol–water partition coefficient (Wildman–Crippen LogP) is 5.92. The van der Waals surface area contributed by atoms with E-state index in [4.69, 9.17) is 11.6 Å². The highest BCUT2D eigenvalue weighted by molar-refractivity contribution is 9.10. The standard InChI is InChI=1S/C16H10BrCl/c17-12-9-11-5-1-2-6-13(11)15(10-12)14-7-3-4-8-16(14)18/h1-10H. The van der Waals surface area contributed by atoms with Gasteiger partial charge >= 0.3 is 0 Å². The van der Waals surface area contributed by atoms with Gasteiger partial charge in [-0.2, -0.15) is 0 Å². The van der Waals surface area contributed by atoms with Gasteiger partial charge in [0, 0.05) is 15.1 Å². The molecule has 0 amide bonds. The van der Waals surface area contributed by atoms with Gasteiger partial charge < -0.3 is 0 Å². The summed E-state index contributed by atoms with van der Waals surface area (Å²) in [5, 5.41) is 3.20. The SMILES string of the molecule is Clc1ccccc1-c1cc(Br)cc2ccccc12. The lowest BCUT2D eigenvalue weighted by atomic mass is 9.98. The number of hydrogen-bond acceptors (Lipinski definition) is 0. The Labute approximate surface area is 119 Å². The fourth-order valence-corrected chi connectivity index (χ4v) is 2.89. The van der Waals surface area contributed by atoms with Gasteiger partial charge in [-0.05, 0) is 34.5 Å². The Kier molecular flexibility index (Phi) is 3.11. The van der Waals surface area contributed by atoms with E-state index in [9.17, 15) is 0 Å². The zero-order valence-corrected chi connectivity index (χ0v) is 11.9. The van der Waals surface area contributed by atoms with Gasteiger partial charge in [-0.1, -0.05) is 70.0 Å². The largest absolute Gasteiger partial charge is 0.0837 e. The molecule has 0 N–H and O–H groups in total. The molecule has 0 fully saturated rings. The van der Waals surface area contributed by atoms with Crippen LogP contribution in [0.15, 0.2) is 65.1 Å². The van der Waals surface area contributed by atoms with Crippen LogP contribution < -0.4 is 0 Å². The smallest absolute Gasteiger partial charge is 0.0484 e. The van der Waals surface area contributed by atoms with E-state index in [0.717, 1.165) is 20.6 Å². The highest BCUT2D eigenvalue weighted by atomic mass is 79.9. The molecule has 0 aliphatic heterocycles. The van der Waals surface area contributed by atoms with E-state index >= 15 is 0 Å². The second-order valence-electron chi connectivity index (χ2n) is 4.15. The third-order valence-electron chi connectivity index (χ3n) is 2.99. The maximum absolute atomic E-state index is 6.30. The first-order valence-corrected chi connectivity index (χ1v) is 6.86. The third-order valence-corrected chi connectivity index (χ3v) is 3.78. The van der Waals surface area contributed by atoms with Gasteiger partial charge in [-0.15, -0.1) is 0 Å². The van der Waals surface area contributed by atoms with E-state index in [2.05, 4.69) is 52.3 Å². The number of hydrogen-bond donors (Lipinski definition) is 0. The van der Waals surface area contributed by atoms with Gasteiger partial charge in [0.1, 0.15) is 0 Å². The highest BCUT2D eigenvalue weighted by Gasteiger charge is 2.08. The van der Waals surface area contributed by atoms with Crippen molar-refractivity contribution < 1.29 is 0 Å². The summed E-state index contributed by atoms with van der Waals surface area (Å²) in [4.78, 5) is 0. The number of benzene rings is 3. The molecule has 18 heavy (non-hydrogen) atoms. The Bertz CT molecular complexity index is 719. The summed E-state index contributed by atoms with van der Waals surface area (Å²) in [5.41, 5.74) is 2.22. The second kappa shape index (κ2) is 4.75. The van der Waals surface area contributed by atoms with Crippen LogP contribution in [-0.4, -0.2) is 0 Å². The molecule has 88 valence electrons. The molecule has 0 bridgehead atoms. The third kappa shape index (κ3) is 2.05. The number of halogens is 2. The quantitative estimate of drug-likeness (QED) is 0.522. The average molecular weight is 318 g/mol. The van der Waals surface area contributed by atoms with Crippen LogP contribution in [0.25, 0.3) is 21.9 Å². The van der Waals surface area contributed by atoms with Crippen LogP contribution in [0.5, 0.6) is 0 Å². The second-order valence-corrected chi connectivity index (χ2v) is 5.48. The topological polar surface area (TPSA) is 0 Å². The minimum absolute atomic E-state index is 0.778. The number of rotatable bonds is 1. The van der Waals surface area contributed by atoms with Gasteiger partial charge in [0.05, 0.1) is 0 Å². The molecule has 0 saturated carbocycles. The highest BCUT2D eigenvalue weighted by Crippen LogP contribution is 2.35. The predicted molar refractivity (Wildman–Crippen MR) is 82.1 cm³/mol. The molecule has 2 heteroatoms. The Hall–Kier alpha value is -1.31. The van der Waals surface area contributed by atoms with Crippen molar-refractivity contribution in [1.29, 1.82) is 0 Å². The Morgan fingerprint density at radius 2 is 1.50 bits per heavy atom. The van der Waals surface area contributed by atoms with E-state index in [-0.39, 0.29) is 0 Å². The zero-order chi connectivity index (χ0) is 12.5. The summed E-state index contributed by atoms with van der Waals surface area (Å²) in [6, 6.07) is 20.5. The van der Waals surface area contributed by atoms with Crippen LogP contribution in [0, 0.1) is 0 Å². The van der Waals surface area contributed by atoms with Gasteiger partial charge in [-0.3, -0.25) is 0 Å². The normalized spacial score (nSPS) is 10.8. The summed E-state index contributed by atoms with van der Waals surface area (Å²) in [7, 11) is 0. The van der Waals surface area contributed by atoms with Crippen LogP contribution in [0.4, 0.5) is 0 Å². The molecule has 0 unspecified atom stereocenters. The average Bonchev–Trinajstić information content (AvgIpc) is 2.38. The molecule has 0 atom stereocenters. The Morgan fingerprint density at radius 3 is 2.33 bits per heavy atom. The van der Waals surface area contributed by atoms with Crippen molar-refractivity contribution in [2.45, 2.75) is 0 Å². The molecular weight excluding hydrogens is 308 g/mol. The van der Waals surface area contributed by atoms with Crippen molar-refractivity contribution in [1.82, 2.24) is 0 Å². The molecule has 0 heterocycles. The molecule has 0 aliphatic carbocycles. The molecule has 0 aromatic heterocycles. The van der Waals surface area contributed by atoms with Crippen molar-refractivity contribution in [3.8, 4) is 11.1 Å². The van der Waals surface area contributed by atoms with Crippen molar-refractivity contribution in [2.24, 2.45) is 0 Å². The molecule has 0 saturated heterocycles. The van der Waals surface area contributed by atoms with Crippen LogP contribution in [0.3, 0.4) is 0 Å². The lowest BCUT2D eigenvalue weighted by Crippen LogP contribution is -1.83. The molecule has 0 spiro atoms. The maximum Gasteiger partial charge on any atom is 0.0484 e. The van der Waals surface area contributed by atoms with Crippen molar-refractivity contribution in [3.05, 3.63) is 70.2 Å². The first-order chi connectivity index (χ1) is 8.75. The van der Waals surface area contributed by atoms with Gasteiger partial charge in [-0.25, -0.2) is 0 Å². The molecule has 0 nitrogen and oxygen atoms in total. The molecule has 0 radical (unpaired) electrons. The summed E-state index contributed by atoms with van der Waals surface area (Å²) in [6.07, 6.45) is 0. The first kappa shape index (κ1) is 11.8. The maximum atomic E-state index is 6.30. The van der Waals surface area contributed by atoms with Crippen LogP contribution in [-0.2, 0) is 0 Å². The fourth-order valence-electron chi connectivity index (χ4n) is 2.18. The van der Waals surface area contributed by atoms with Gasteiger partial charge in [0.15, 0.2) is 0 Å². The van der Waals surface area contributed by atoms with Gasteiger partial charge in [0.2, 0.25) is 0 Å². The van der Waals surface area contributed by atoms with Crippen LogP contribution in [0.1, 0.15) is 0 Å². The van der Waals surface area contributed by atoms with Gasteiger partial charge in [0.25, 0.3) is 0 Å². The zero-order valence-electron chi connectivity index (χ0n) is 9.53. The molecule has 0 aliphatic rings. The monoisotopic (exact) mass is 316 g/mol. The van der Waals surface area contributed by atoms with Crippen molar-refractivity contribution in [3.63, 3.8) is 0 Å². The van der Waals surface area contributed by atoms with E-state index in [1.807, 2.05) is 24.3 Å². The minimum atomic E-state index is 0.778. The molecule has 3 aromatic carbocycles. The lowest BCUT2D eigenvalue weighted by molar-refractivity contribution is 1.63. The summed E-state index contributed by atoms with van der Waals surface area (Å²) < 4.78 is 1.07. The Balaban J connectivity index is 2.39. The summed E-state index contributed by atoms with van der Waals surface area (Å²) >= 11 is 9.86. The molecule has 3 rings (SSSR count). The first-order valence-electron chi connectivity index (χ1n) is 5.69. The molecular formula is C16H10BrCl.